The van der Waals surface area contributed by atoms with Gasteiger partial charge in [0.05, 0.1) is 5.60 Å². The van der Waals surface area contributed by atoms with Crippen LogP contribution in [0.2, 0.25) is 0 Å². The van der Waals surface area contributed by atoms with E-state index in [2.05, 4.69) is 17.0 Å². The van der Waals surface area contributed by atoms with Crippen molar-refractivity contribution in [1.82, 2.24) is 4.90 Å². The van der Waals surface area contributed by atoms with Crippen molar-refractivity contribution in [2.24, 2.45) is 5.73 Å². The summed E-state index contributed by atoms with van der Waals surface area (Å²) in [5, 5.41) is 10.5. The van der Waals surface area contributed by atoms with Gasteiger partial charge in [-0.25, -0.2) is 0 Å². The summed E-state index contributed by atoms with van der Waals surface area (Å²) in [6, 6.07) is 8.30. The first-order chi connectivity index (χ1) is 9.11. The number of rotatable bonds is 5. The molecule has 1 aliphatic rings. The first-order valence-electron chi connectivity index (χ1n) is 6.88. The predicted molar refractivity (Wildman–Crippen MR) is 75.7 cm³/mol. The monoisotopic (exact) mass is 264 g/mol. The third-order valence-corrected chi connectivity index (χ3v) is 3.67. The molecule has 0 amide bonds. The van der Waals surface area contributed by atoms with Gasteiger partial charge < -0.3 is 15.6 Å². The molecule has 0 atom stereocenters. The molecule has 0 unspecified atom stereocenters. The molecule has 1 fully saturated rings. The Morgan fingerprint density at radius 1 is 1.32 bits per heavy atom. The zero-order valence-electron chi connectivity index (χ0n) is 11.6. The lowest BCUT2D eigenvalue weighted by Crippen LogP contribution is -2.45. The molecule has 3 N–H and O–H groups in total. The van der Waals surface area contributed by atoms with Crippen LogP contribution in [0.4, 0.5) is 0 Å². The Hall–Kier alpha value is -0.940. The fourth-order valence-electron chi connectivity index (χ4n) is 2.63. The summed E-state index contributed by atoms with van der Waals surface area (Å²) in [7, 11) is 2.04. The average molecular weight is 264 g/mol. The maximum atomic E-state index is 10.5. The zero-order valence-corrected chi connectivity index (χ0v) is 11.6. The van der Waals surface area contributed by atoms with Gasteiger partial charge in [0.1, 0.15) is 0 Å². The van der Waals surface area contributed by atoms with E-state index in [0.717, 1.165) is 24.9 Å². The number of likely N-dealkylation sites (N-methyl/N-ethyl adjacent to an activating group) is 1. The van der Waals surface area contributed by atoms with Gasteiger partial charge in [0, 0.05) is 45.7 Å². The SMILES string of the molecule is CN(Cc1cccc(CN)c1)CC1(O)CCOCC1. The smallest absolute Gasteiger partial charge is 0.0817 e. The fourth-order valence-corrected chi connectivity index (χ4v) is 2.63. The highest BCUT2D eigenvalue weighted by Crippen LogP contribution is 2.22. The molecule has 2 rings (SSSR count). The standard InChI is InChI=1S/C15H24N2O2/c1-17(12-15(18)5-7-19-8-6-15)11-14-4-2-3-13(9-14)10-16/h2-4,9,18H,5-8,10-12,16H2,1H3. The van der Waals surface area contributed by atoms with Crippen molar-refractivity contribution in [3.05, 3.63) is 35.4 Å². The third kappa shape index (κ3) is 4.28. The predicted octanol–water partition coefficient (Wildman–Crippen LogP) is 1.12. The van der Waals surface area contributed by atoms with E-state index in [4.69, 9.17) is 10.5 Å². The summed E-state index contributed by atoms with van der Waals surface area (Å²) in [5.74, 6) is 0. The minimum Gasteiger partial charge on any atom is -0.388 e. The van der Waals surface area contributed by atoms with Gasteiger partial charge in [-0.05, 0) is 18.2 Å². The molecule has 1 saturated heterocycles. The van der Waals surface area contributed by atoms with Gasteiger partial charge >= 0.3 is 0 Å². The van der Waals surface area contributed by atoms with E-state index in [9.17, 15) is 5.11 Å². The molecule has 0 saturated carbocycles. The molecule has 0 aromatic heterocycles. The van der Waals surface area contributed by atoms with E-state index in [0.29, 0.717) is 26.3 Å². The van der Waals surface area contributed by atoms with E-state index >= 15 is 0 Å². The second-order valence-corrected chi connectivity index (χ2v) is 5.53. The van der Waals surface area contributed by atoms with Gasteiger partial charge in [-0.15, -0.1) is 0 Å². The van der Waals surface area contributed by atoms with Crippen LogP contribution in [0, 0.1) is 0 Å². The largest absolute Gasteiger partial charge is 0.388 e. The first kappa shape index (κ1) is 14.5. The van der Waals surface area contributed by atoms with Crippen molar-refractivity contribution in [1.29, 1.82) is 0 Å². The molecule has 4 nitrogen and oxygen atoms in total. The van der Waals surface area contributed by atoms with Crippen molar-refractivity contribution < 1.29 is 9.84 Å². The Labute approximate surface area is 115 Å². The normalized spacial score (nSPS) is 18.7. The number of aliphatic hydroxyl groups is 1. The van der Waals surface area contributed by atoms with Crippen LogP contribution in [0.15, 0.2) is 24.3 Å². The molecule has 106 valence electrons. The zero-order chi connectivity index (χ0) is 13.7. The lowest BCUT2D eigenvalue weighted by Gasteiger charge is -2.35. The molecule has 4 heteroatoms. The average Bonchev–Trinajstić information content (AvgIpc) is 2.39. The highest BCUT2D eigenvalue weighted by atomic mass is 16.5. The second kappa shape index (κ2) is 6.48. The number of ether oxygens (including phenoxy) is 1. The van der Waals surface area contributed by atoms with Crippen LogP contribution < -0.4 is 5.73 Å². The minimum absolute atomic E-state index is 0.568. The van der Waals surface area contributed by atoms with Crippen LogP contribution in [0.5, 0.6) is 0 Å². The molecular weight excluding hydrogens is 240 g/mol. The number of hydrogen-bond acceptors (Lipinski definition) is 4. The Morgan fingerprint density at radius 2 is 2.00 bits per heavy atom. The molecule has 1 aromatic rings. The minimum atomic E-state index is -0.599. The molecule has 19 heavy (non-hydrogen) atoms. The lowest BCUT2D eigenvalue weighted by atomic mass is 9.94. The summed E-state index contributed by atoms with van der Waals surface area (Å²) in [5.41, 5.74) is 7.44. The van der Waals surface area contributed by atoms with E-state index in [1.807, 2.05) is 19.2 Å². The number of benzene rings is 1. The van der Waals surface area contributed by atoms with Crippen molar-refractivity contribution >= 4 is 0 Å². The van der Waals surface area contributed by atoms with E-state index in [-0.39, 0.29) is 0 Å². The molecule has 1 aliphatic heterocycles. The van der Waals surface area contributed by atoms with Crippen LogP contribution in [-0.4, -0.2) is 42.4 Å². The second-order valence-electron chi connectivity index (χ2n) is 5.53. The maximum absolute atomic E-state index is 10.5. The summed E-state index contributed by atoms with van der Waals surface area (Å²) in [4.78, 5) is 2.17. The quantitative estimate of drug-likeness (QED) is 0.836. The van der Waals surface area contributed by atoms with Crippen LogP contribution in [-0.2, 0) is 17.8 Å². The van der Waals surface area contributed by atoms with E-state index < -0.39 is 5.60 Å². The first-order valence-corrected chi connectivity index (χ1v) is 6.88. The highest BCUT2D eigenvalue weighted by molar-refractivity contribution is 5.23. The number of hydrogen-bond donors (Lipinski definition) is 2. The fraction of sp³-hybridized carbons (Fsp3) is 0.600. The molecule has 0 aliphatic carbocycles. The Kier molecular flexibility index (Phi) is 4.93. The van der Waals surface area contributed by atoms with Crippen molar-refractivity contribution in [3.8, 4) is 0 Å². The van der Waals surface area contributed by atoms with Crippen LogP contribution in [0.25, 0.3) is 0 Å². The van der Waals surface area contributed by atoms with Gasteiger partial charge in [-0.3, -0.25) is 4.90 Å². The Morgan fingerprint density at radius 3 is 2.68 bits per heavy atom. The summed E-state index contributed by atoms with van der Waals surface area (Å²) in [6.45, 7) is 3.40. The molecule has 0 radical (unpaired) electrons. The van der Waals surface area contributed by atoms with Crippen molar-refractivity contribution in [2.75, 3.05) is 26.8 Å². The Bertz CT molecular complexity index is 403. The van der Waals surface area contributed by atoms with E-state index in [1.165, 1.54) is 5.56 Å². The molecule has 0 spiro atoms. The van der Waals surface area contributed by atoms with Gasteiger partial charge in [-0.1, -0.05) is 24.3 Å². The molecular formula is C15H24N2O2. The molecule has 0 bridgehead atoms. The highest BCUT2D eigenvalue weighted by Gasteiger charge is 2.30. The van der Waals surface area contributed by atoms with Gasteiger partial charge in [0.2, 0.25) is 0 Å². The molecule has 1 aromatic carbocycles. The van der Waals surface area contributed by atoms with Gasteiger partial charge in [-0.2, -0.15) is 0 Å². The van der Waals surface area contributed by atoms with Crippen molar-refractivity contribution in [2.45, 2.75) is 31.5 Å². The summed E-state index contributed by atoms with van der Waals surface area (Å²) in [6.07, 6.45) is 1.44. The summed E-state index contributed by atoms with van der Waals surface area (Å²) >= 11 is 0. The van der Waals surface area contributed by atoms with Gasteiger partial charge in [0.15, 0.2) is 0 Å². The summed E-state index contributed by atoms with van der Waals surface area (Å²) < 4.78 is 5.30. The van der Waals surface area contributed by atoms with Crippen LogP contribution in [0.3, 0.4) is 0 Å². The molecule has 1 heterocycles. The van der Waals surface area contributed by atoms with Crippen LogP contribution >= 0.6 is 0 Å². The topological polar surface area (TPSA) is 58.7 Å². The van der Waals surface area contributed by atoms with Gasteiger partial charge in [0.25, 0.3) is 0 Å². The maximum Gasteiger partial charge on any atom is 0.0817 e. The Balaban J connectivity index is 1.91. The number of nitrogens with zero attached hydrogens (tertiary/aromatic N) is 1. The number of nitrogens with two attached hydrogens (primary N) is 1. The van der Waals surface area contributed by atoms with Crippen LogP contribution in [0.1, 0.15) is 24.0 Å². The lowest BCUT2D eigenvalue weighted by molar-refractivity contribution is -0.0777. The van der Waals surface area contributed by atoms with E-state index in [1.54, 1.807) is 0 Å². The van der Waals surface area contributed by atoms with Crippen molar-refractivity contribution in [3.63, 3.8) is 0 Å². The third-order valence-electron chi connectivity index (χ3n) is 3.67.